The van der Waals surface area contributed by atoms with E-state index in [4.69, 9.17) is 6.42 Å². The minimum Gasteiger partial charge on any atom is -0.346 e. The van der Waals surface area contributed by atoms with E-state index >= 15 is 4.79 Å². The molecule has 14 nitrogen and oxygen atoms in total. The van der Waals surface area contributed by atoms with Gasteiger partial charge in [0, 0.05) is 44.7 Å². The summed E-state index contributed by atoms with van der Waals surface area (Å²) in [5.41, 5.74) is -0.875. The zero-order valence-electron chi connectivity index (χ0n) is 33.7. The van der Waals surface area contributed by atoms with Crippen LogP contribution in [0.15, 0.2) is 42.1 Å². The second-order valence-corrected chi connectivity index (χ2v) is 19.3. The van der Waals surface area contributed by atoms with Gasteiger partial charge in [0.2, 0.25) is 17.6 Å². The summed E-state index contributed by atoms with van der Waals surface area (Å²) in [7, 11) is -2.46. The van der Waals surface area contributed by atoms with Crippen LogP contribution in [-0.4, -0.2) is 103 Å². The molecule has 8 atom stereocenters. The number of Topliss-reactive ketones (excluding diaryl/α,β-unsaturated/α-hetero) is 1. The van der Waals surface area contributed by atoms with Gasteiger partial charge in [-0.1, -0.05) is 58.6 Å². The van der Waals surface area contributed by atoms with Crippen molar-refractivity contribution in [2.75, 3.05) is 26.7 Å². The van der Waals surface area contributed by atoms with Gasteiger partial charge in [-0.2, -0.15) is 4.31 Å². The Bertz CT molecular complexity index is 1870. The van der Waals surface area contributed by atoms with Gasteiger partial charge < -0.3 is 26.2 Å². The number of terminal acetylenes is 1. The number of amides is 5. The molecule has 4 saturated carbocycles. The van der Waals surface area contributed by atoms with Crippen LogP contribution >= 0.6 is 0 Å². The molecule has 0 aromatic carbocycles. The summed E-state index contributed by atoms with van der Waals surface area (Å²) in [6.07, 6.45) is 15.2. The van der Waals surface area contributed by atoms with Crippen molar-refractivity contribution in [1.29, 1.82) is 0 Å². The molecule has 5 aliphatic rings. The number of carbonyl (C=O) groups is 5. The number of carbonyl (C=O) groups excluding carboxylic acids is 5. The summed E-state index contributed by atoms with van der Waals surface area (Å²) < 4.78 is 28.3. The number of nitrogens with zero attached hydrogens (tertiary/aromatic N) is 3. The Hall–Kier alpha value is -4.29. The Morgan fingerprint density at radius 3 is 2.40 bits per heavy atom. The van der Waals surface area contributed by atoms with Crippen LogP contribution in [0.5, 0.6) is 0 Å². The number of ketones is 1. The summed E-state index contributed by atoms with van der Waals surface area (Å²) in [5.74, 6) is 0.783. The van der Waals surface area contributed by atoms with E-state index in [0.717, 1.165) is 38.5 Å². The summed E-state index contributed by atoms with van der Waals surface area (Å²) in [6.45, 7) is 10.3. The number of urea groups is 1. The van der Waals surface area contributed by atoms with Crippen molar-refractivity contribution in [2.45, 2.75) is 114 Å². The molecule has 1 saturated heterocycles. The van der Waals surface area contributed by atoms with Gasteiger partial charge in [-0.25, -0.2) is 18.2 Å². The summed E-state index contributed by atoms with van der Waals surface area (Å²) in [5, 5.41) is 11.4. The van der Waals surface area contributed by atoms with Crippen molar-refractivity contribution in [3.8, 4) is 12.3 Å². The monoisotopic (exact) mass is 805 g/mol. The predicted molar refractivity (Wildman–Crippen MR) is 213 cm³/mol. The number of fused-ring (bicyclic) bond motifs is 2. The fraction of sp³-hybridized carbons (Fsp3) is 0.667. The number of hydrogen-bond acceptors (Lipinski definition) is 8. The summed E-state index contributed by atoms with van der Waals surface area (Å²) in [4.78, 5) is 75.2. The predicted octanol–water partition coefficient (Wildman–Crippen LogP) is 3.01. The first kappa shape index (κ1) is 42.3. The second-order valence-electron chi connectivity index (χ2n) is 17.3. The molecule has 0 bridgehead atoms. The van der Waals surface area contributed by atoms with Crippen molar-refractivity contribution in [1.82, 2.24) is 35.5 Å². The van der Waals surface area contributed by atoms with E-state index in [9.17, 15) is 27.6 Å². The number of rotatable bonds is 17. The highest BCUT2D eigenvalue weighted by Crippen LogP contribution is 2.85. The molecular formula is C42H59N7O7S. The molecule has 3 unspecified atom stereocenters. The van der Waals surface area contributed by atoms with Crippen molar-refractivity contribution in [3.63, 3.8) is 0 Å². The minimum atomic E-state index is -3.95. The molecule has 0 radical (unpaired) electrons. The lowest BCUT2D eigenvalue weighted by atomic mass is 9.70. The van der Waals surface area contributed by atoms with Gasteiger partial charge in [0.05, 0.1) is 12.1 Å². The highest BCUT2D eigenvalue weighted by atomic mass is 32.2. The first-order valence-electron chi connectivity index (χ1n) is 20.5. The fourth-order valence-corrected chi connectivity index (χ4v) is 12.1. The highest BCUT2D eigenvalue weighted by Gasteiger charge is 2.85. The standard InChI is InChI=1S/C42H59N7O7S/c1-7-9-18-30(35(50)38(52)44-22-8-2)45-37(51)34-29-17-15-16-28(29)24-49(34)39(53)36(41(5)20-12-10-13-21-41)47-40(54)46-31(42-26(3)33(42)27(42)4)25-48(6)57(55,56)32-19-11-14-23-43-32/h1,8,11,14,19,23,26-31,33-34,36H,2,9-10,12-13,15-18,20-22,24-25H2,3-6H3,(H,44,52)(H,45,51)(H2,46,47,54)/t26?,27?,28-,29-,30?,31+,33?,34-,36+,42?/m0/s1. The molecule has 1 aromatic heterocycles. The summed E-state index contributed by atoms with van der Waals surface area (Å²) >= 11 is 0. The number of hydrogen-bond donors (Lipinski definition) is 4. The zero-order chi connectivity index (χ0) is 41.3. The van der Waals surface area contributed by atoms with E-state index in [0.29, 0.717) is 37.1 Å². The average Bonchev–Trinajstić information content (AvgIpc) is 3.83. The Morgan fingerprint density at radius 1 is 1.07 bits per heavy atom. The number of sulfonamides is 1. The molecule has 1 aromatic rings. The van der Waals surface area contributed by atoms with Gasteiger partial charge in [0.15, 0.2) is 5.03 Å². The van der Waals surface area contributed by atoms with Crippen LogP contribution in [0, 0.1) is 52.8 Å². The Labute approximate surface area is 337 Å². The minimum absolute atomic E-state index is 0.0241. The maximum Gasteiger partial charge on any atom is 0.315 e. The molecule has 0 spiro atoms. The van der Waals surface area contributed by atoms with Crippen LogP contribution in [0.25, 0.3) is 0 Å². The Kier molecular flexibility index (Phi) is 12.5. The number of aromatic nitrogens is 1. The lowest BCUT2D eigenvalue weighted by Crippen LogP contribution is -2.63. The van der Waals surface area contributed by atoms with Gasteiger partial charge >= 0.3 is 6.03 Å². The number of likely N-dealkylation sites (tertiary alicyclic amines) is 1. The molecule has 310 valence electrons. The van der Waals surface area contributed by atoms with Crippen LogP contribution in [0.3, 0.4) is 0 Å². The zero-order valence-corrected chi connectivity index (χ0v) is 34.5. The van der Waals surface area contributed by atoms with E-state index in [-0.39, 0.29) is 54.1 Å². The van der Waals surface area contributed by atoms with Gasteiger partial charge in [0.25, 0.3) is 15.9 Å². The molecule has 4 N–H and O–H groups in total. The normalized spacial score (nSPS) is 29.7. The van der Waals surface area contributed by atoms with Crippen molar-refractivity contribution >= 4 is 39.6 Å². The number of nitrogens with one attached hydrogen (secondary N) is 4. The van der Waals surface area contributed by atoms with Gasteiger partial charge in [-0.3, -0.25) is 19.2 Å². The van der Waals surface area contributed by atoms with Crippen LogP contribution in [-0.2, 0) is 29.2 Å². The first-order chi connectivity index (χ1) is 27.1. The lowest BCUT2D eigenvalue weighted by Gasteiger charge is -2.43. The Morgan fingerprint density at radius 2 is 1.79 bits per heavy atom. The van der Waals surface area contributed by atoms with Crippen molar-refractivity contribution < 1.29 is 32.4 Å². The van der Waals surface area contributed by atoms with Crippen molar-refractivity contribution in [2.24, 2.45) is 40.4 Å². The van der Waals surface area contributed by atoms with Crippen LogP contribution in [0.2, 0.25) is 0 Å². The third kappa shape index (κ3) is 8.09. The van der Waals surface area contributed by atoms with E-state index in [2.05, 4.69) is 52.6 Å². The smallest absolute Gasteiger partial charge is 0.315 e. The lowest BCUT2D eigenvalue weighted by molar-refractivity contribution is -0.145. The number of likely N-dealkylation sites (N-methyl/N-ethyl adjacent to an activating group) is 1. The van der Waals surface area contributed by atoms with Gasteiger partial charge in [-0.05, 0) is 79.2 Å². The molecule has 57 heavy (non-hydrogen) atoms. The maximum absolute atomic E-state index is 15.1. The molecule has 15 heteroatoms. The molecule has 5 amide bonds. The molecule has 5 fully saturated rings. The van der Waals surface area contributed by atoms with E-state index < -0.39 is 63.2 Å². The van der Waals surface area contributed by atoms with Gasteiger partial charge in [0.1, 0.15) is 12.1 Å². The van der Waals surface area contributed by atoms with E-state index in [1.807, 2.05) is 6.92 Å². The molecule has 1 aliphatic heterocycles. The molecule has 2 heterocycles. The van der Waals surface area contributed by atoms with E-state index in [1.165, 1.54) is 29.7 Å². The summed E-state index contributed by atoms with van der Waals surface area (Å²) in [6, 6.07) is 0.548. The number of pyridine rings is 1. The first-order valence-corrected chi connectivity index (χ1v) is 22.0. The van der Waals surface area contributed by atoms with Crippen molar-refractivity contribution in [3.05, 3.63) is 37.1 Å². The van der Waals surface area contributed by atoms with E-state index in [1.54, 1.807) is 17.0 Å². The van der Waals surface area contributed by atoms with Gasteiger partial charge in [-0.15, -0.1) is 18.9 Å². The highest BCUT2D eigenvalue weighted by molar-refractivity contribution is 7.89. The topological polar surface area (TPSA) is 187 Å². The third-order valence-electron chi connectivity index (χ3n) is 14.2. The molecular weight excluding hydrogens is 747 g/mol. The van der Waals surface area contributed by atoms with Crippen LogP contribution < -0.4 is 21.3 Å². The fourth-order valence-electron chi connectivity index (χ4n) is 10.9. The average molecular weight is 806 g/mol. The second kappa shape index (κ2) is 16.9. The Balaban J connectivity index is 1.24. The maximum atomic E-state index is 15.1. The third-order valence-corrected chi connectivity index (χ3v) is 15.9. The van der Waals surface area contributed by atoms with Crippen LogP contribution in [0.4, 0.5) is 4.79 Å². The largest absolute Gasteiger partial charge is 0.346 e. The van der Waals surface area contributed by atoms with Crippen LogP contribution in [0.1, 0.15) is 85.0 Å². The molecule has 6 rings (SSSR count). The SMILES string of the molecule is C#CCCC(NC(=O)[C@@H]1[C@H]2CCC[C@H]2CN1C(=O)[C@@H](NC(=O)N[C@H](CN(C)S(=O)(=O)c1ccccn1)C12C(C)C1C2C)C1(C)CCCCC1)C(=O)C(=O)NCC=C. The molecule has 4 aliphatic carbocycles. The quantitative estimate of drug-likeness (QED) is 0.105.